The van der Waals surface area contributed by atoms with Crippen molar-refractivity contribution in [3.8, 4) is 0 Å². The maximum absolute atomic E-state index is 12.9. The Morgan fingerprint density at radius 1 is 1.36 bits per heavy atom. The standard InChI is InChI=1S/C16H18FNO4/c1-2-22-14-7-8-18(16(21)15(14)13(20)10-19)9-11-3-5-12(17)6-4-11/h3-6,19H,2,7-10H2,1H3. The molecule has 0 aromatic heterocycles. The van der Waals surface area contributed by atoms with E-state index in [1.807, 2.05) is 0 Å². The molecule has 0 spiro atoms. The van der Waals surface area contributed by atoms with Crippen LogP contribution < -0.4 is 0 Å². The molecule has 0 aliphatic carbocycles. The number of Topliss-reactive ketones (excluding diaryl/α,β-unsaturated/α-hetero) is 1. The van der Waals surface area contributed by atoms with E-state index in [1.54, 1.807) is 19.1 Å². The lowest BCUT2D eigenvalue weighted by Crippen LogP contribution is -2.40. The highest BCUT2D eigenvalue weighted by atomic mass is 19.1. The number of nitrogens with zero attached hydrogens (tertiary/aromatic N) is 1. The van der Waals surface area contributed by atoms with Gasteiger partial charge in [-0.25, -0.2) is 4.39 Å². The lowest BCUT2D eigenvalue weighted by atomic mass is 10.0. The molecule has 1 amide bonds. The van der Waals surface area contributed by atoms with E-state index in [4.69, 9.17) is 9.84 Å². The molecule has 0 atom stereocenters. The summed E-state index contributed by atoms with van der Waals surface area (Å²) >= 11 is 0. The van der Waals surface area contributed by atoms with E-state index in [0.717, 1.165) is 5.56 Å². The van der Waals surface area contributed by atoms with Crippen LogP contribution in [0, 0.1) is 5.82 Å². The molecular weight excluding hydrogens is 289 g/mol. The van der Waals surface area contributed by atoms with Crippen molar-refractivity contribution < 1.29 is 23.8 Å². The maximum atomic E-state index is 12.9. The van der Waals surface area contributed by atoms with Gasteiger partial charge in [-0.05, 0) is 24.6 Å². The Morgan fingerprint density at radius 3 is 2.64 bits per heavy atom. The predicted octanol–water partition coefficient (Wildman–Crippen LogP) is 1.41. The van der Waals surface area contributed by atoms with E-state index in [0.29, 0.717) is 25.3 Å². The molecule has 22 heavy (non-hydrogen) atoms. The summed E-state index contributed by atoms with van der Waals surface area (Å²) in [4.78, 5) is 25.8. The number of carbonyl (C=O) groups excluding carboxylic acids is 2. The van der Waals surface area contributed by atoms with Crippen LogP contribution in [0.2, 0.25) is 0 Å². The van der Waals surface area contributed by atoms with Crippen LogP contribution in [0.15, 0.2) is 35.6 Å². The summed E-state index contributed by atoms with van der Waals surface area (Å²) in [5.74, 6) is -1.11. The minimum absolute atomic E-state index is 0.0855. The Bertz CT molecular complexity index is 595. The molecule has 2 rings (SSSR count). The van der Waals surface area contributed by atoms with E-state index in [2.05, 4.69) is 0 Å². The summed E-state index contributed by atoms with van der Waals surface area (Å²) < 4.78 is 18.3. The fourth-order valence-electron chi connectivity index (χ4n) is 2.37. The molecule has 6 heteroatoms. The fraction of sp³-hybridized carbons (Fsp3) is 0.375. The largest absolute Gasteiger partial charge is 0.497 e. The van der Waals surface area contributed by atoms with Gasteiger partial charge in [0, 0.05) is 19.5 Å². The van der Waals surface area contributed by atoms with Crippen molar-refractivity contribution in [1.82, 2.24) is 4.90 Å². The zero-order chi connectivity index (χ0) is 16.1. The van der Waals surface area contributed by atoms with Crippen LogP contribution in [-0.4, -0.2) is 41.5 Å². The maximum Gasteiger partial charge on any atom is 0.261 e. The van der Waals surface area contributed by atoms with Crippen molar-refractivity contribution in [2.75, 3.05) is 19.8 Å². The monoisotopic (exact) mass is 307 g/mol. The smallest absolute Gasteiger partial charge is 0.261 e. The van der Waals surface area contributed by atoms with Crippen LogP contribution in [0.25, 0.3) is 0 Å². The summed E-state index contributed by atoms with van der Waals surface area (Å²) in [5.41, 5.74) is 0.683. The second-order valence-corrected chi connectivity index (χ2v) is 4.92. The van der Waals surface area contributed by atoms with Crippen LogP contribution in [-0.2, 0) is 20.9 Å². The van der Waals surface area contributed by atoms with Crippen molar-refractivity contribution in [2.45, 2.75) is 19.9 Å². The summed E-state index contributed by atoms with van der Waals surface area (Å²) in [5, 5.41) is 9.05. The fourth-order valence-corrected chi connectivity index (χ4v) is 2.37. The van der Waals surface area contributed by atoms with Gasteiger partial charge in [0.1, 0.15) is 23.8 Å². The van der Waals surface area contributed by atoms with Crippen molar-refractivity contribution in [3.63, 3.8) is 0 Å². The summed E-state index contributed by atoms with van der Waals surface area (Å²) in [6.45, 7) is 2.07. The number of hydrogen-bond acceptors (Lipinski definition) is 4. The number of ether oxygens (including phenoxy) is 1. The zero-order valence-electron chi connectivity index (χ0n) is 12.3. The SMILES string of the molecule is CCOC1=C(C(=O)CO)C(=O)N(Cc2ccc(F)cc2)CC1. The Kier molecular flexibility index (Phi) is 5.27. The number of aliphatic hydroxyl groups excluding tert-OH is 1. The molecular formula is C16H18FNO4. The van der Waals surface area contributed by atoms with Gasteiger partial charge in [0.2, 0.25) is 0 Å². The number of amides is 1. The normalized spacial score (nSPS) is 15.2. The van der Waals surface area contributed by atoms with Crippen LogP contribution in [0.5, 0.6) is 0 Å². The first-order valence-corrected chi connectivity index (χ1v) is 7.10. The van der Waals surface area contributed by atoms with E-state index in [1.165, 1.54) is 17.0 Å². The van der Waals surface area contributed by atoms with E-state index in [-0.39, 0.29) is 17.9 Å². The van der Waals surface area contributed by atoms with Gasteiger partial charge in [0.05, 0.1) is 6.61 Å². The molecule has 0 saturated carbocycles. The Labute approximate surface area is 128 Å². The molecule has 1 heterocycles. The van der Waals surface area contributed by atoms with Crippen LogP contribution >= 0.6 is 0 Å². The number of ketones is 1. The van der Waals surface area contributed by atoms with Gasteiger partial charge >= 0.3 is 0 Å². The van der Waals surface area contributed by atoms with E-state index in [9.17, 15) is 14.0 Å². The highest BCUT2D eigenvalue weighted by Gasteiger charge is 2.32. The van der Waals surface area contributed by atoms with Crippen LogP contribution in [0.3, 0.4) is 0 Å². The lowest BCUT2D eigenvalue weighted by Gasteiger charge is -2.29. The Hall–Kier alpha value is -2.21. The average molecular weight is 307 g/mol. The van der Waals surface area contributed by atoms with E-state index < -0.39 is 18.3 Å². The average Bonchev–Trinajstić information content (AvgIpc) is 2.52. The molecule has 0 bridgehead atoms. The number of halogens is 1. The topological polar surface area (TPSA) is 66.8 Å². The molecule has 0 saturated heterocycles. The van der Waals surface area contributed by atoms with Gasteiger partial charge in [-0.15, -0.1) is 0 Å². The van der Waals surface area contributed by atoms with Gasteiger partial charge < -0.3 is 14.7 Å². The molecule has 0 fully saturated rings. The van der Waals surface area contributed by atoms with Crippen molar-refractivity contribution >= 4 is 11.7 Å². The molecule has 1 N–H and O–H groups in total. The predicted molar refractivity (Wildman–Crippen MR) is 77.2 cm³/mol. The second-order valence-electron chi connectivity index (χ2n) is 4.92. The summed E-state index contributed by atoms with van der Waals surface area (Å²) in [6.07, 6.45) is 0.419. The first-order valence-electron chi connectivity index (χ1n) is 7.10. The molecule has 118 valence electrons. The van der Waals surface area contributed by atoms with Gasteiger partial charge in [-0.1, -0.05) is 12.1 Å². The third-order valence-corrected chi connectivity index (χ3v) is 3.42. The van der Waals surface area contributed by atoms with E-state index >= 15 is 0 Å². The van der Waals surface area contributed by atoms with Gasteiger partial charge in [0.25, 0.3) is 5.91 Å². The minimum atomic E-state index is -0.734. The van der Waals surface area contributed by atoms with Gasteiger partial charge in [0.15, 0.2) is 5.78 Å². The molecule has 1 aliphatic heterocycles. The quantitative estimate of drug-likeness (QED) is 0.807. The Morgan fingerprint density at radius 2 is 2.05 bits per heavy atom. The molecule has 1 aliphatic rings. The molecule has 5 nitrogen and oxygen atoms in total. The number of hydrogen-bond donors (Lipinski definition) is 1. The summed E-state index contributed by atoms with van der Waals surface area (Å²) in [7, 11) is 0. The number of carbonyl (C=O) groups is 2. The first kappa shape index (κ1) is 16.2. The molecule has 0 radical (unpaired) electrons. The second kappa shape index (κ2) is 7.17. The number of benzene rings is 1. The van der Waals surface area contributed by atoms with Crippen LogP contribution in [0.4, 0.5) is 4.39 Å². The molecule has 0 unspecified atom stereocenters. The van der Waals surface area contributed by atoms with Crippen molar-refractivity contribution in [2.24, 2.45) is 0 Å². The highest BCUT2D eigenvalue weighted by Crippen LogP contribution is 2.23. The van der Waals surface area contributed by atoms with Crippen LogP contribution in [0.1, 0.15) is 18.9 Å². The van der Waals surface area contributed by atoms with Gasteiger partial charge in [-0.2, -0.15) is 0 Å². The first-order chi connectivity index (χ1) is 10.6. The third kappa shape index (κ3) is 3.51. The zero-order valence-corrected chi connectivity index (χ0v) is 12.3. The molecule has 1 aromatic carbocycles. The number of aliphatic hydroxyl groups is 1. The Balaban J connectivity index is 2.21. The summed E-state index contributed by atoms with van der Waals surface area (Å²) in [6, 6.07) is 5.84. The van der Waals surface area contributed by atoms with Gasteiger partial charge in [-0.3, -0.25) is 9.59 Å². The van der Waals surface area contributed by atoms with Crippen molar-refractivity contribution in [1.29, 1.82) is 0 Å². The lowest BCUT2D eigenvalue weighted by molar-refractivity contribution is -0.132. The third-order valence-electron chi connectivity index (χ3n) is 3.42. The highest BCUT2D eigenvalue weighted by molar-refractivity contribution is 6.20. The number of rotatable bonds is 6. The van der Waals surface area contributed by atoms with Crippen molar-refractivity contribution in [3.05, 3.63) is 47.0 Å². The molecule has 1 aromatic rings. The minimum Gasteiger partial charge on any atom is -0.497 e.